The van der Waals surface area contributed by atoms with Gasteiger partial charge in [0.2, 0.25) is 5.91 Å². The Balaban J connectivity index is 1.43. The van der Waals surface area contributed by atoms with Crippen LogP contribution in [0.4, 0.5) is 10.5 Å². The molecule has 8 heteroatoms. The molecule has 2 fully saturated rings. The van der Waals surface area contributed by atoms with Crippen LogP contribution in [0.2, 0.25) is 0 Å². The van der Waals surface area contributed by atoms with Crippen LogP contribution in [0.3, 0.4) is 0 Å². The van der Waals surface area contributed by atoms with Crippen LogP contribution in [0.15, 0.2) is 24.3 Å². The minimum atomic E-state index is -0.268. The van der Waals surface area contributed by atoms with Crippen LogP contribution in [-0.4, -0.2) is 61.3 Å². The molecule has 2 aliphatic rings. The van der Waals surface area contributed by atoms with Crippen LogP contribution in [0.25, 0.3) is 0 Å². The van der Waals surface area contributed by atoms with Crippen molar-refractivity contribution in [3.63, 3.8) is 0 Å². The van der Waals surface area contributed by atoms with Crippen LogP contribution in [0.5, 0.6) is 5.75 Å². The zero-order valence-corrected chi connectivity index (χ0v) is 15.1. The summed E-state index contributed by atoms with van der Waals surface area (Å²) in [6, 6.07) is 6.88. The number of thioether (sulfide) groups is 1. The lowest BCUT2D eigenvalue weighted by Gasteiger charge is -2.19. The van der Waals surface area contributed by atoms with Crippen molar-refractivity contribution in [3.8, 4) is 5.75 Å². The molecule has 0 aromatic heterocycles. The minimum absolute atomic E-state index is 0.122. The van der Waals surface area contributed by atoms with Crippen LogP contribution < -0.4 is 20.7 Å². The van der Waals surface area contributed by atoms with E-state index in [-0.39, 0.29) is 23.9 Å². The molecule has 0 radical (unpaired) electrons. The molecule has 3 rings (SSSR count). The van der Waals surface area contributed by atoms with Gasteiger partial charge >= 0.3 is 6.03 Å². The number of ether oxygens (including phenoxy) is 1. The lowest BCUT2D eigenvalue weighted by molar-refractivity contribution is -0.131. The van der Waals surface area contributed by atoms with Crippen LogP contribution >= 0.6 is 11.8 Å². The normalized spacial score (nSPS) is 22.7. The number of anilines is 1. The lowest BCUT2D eigenvalue weighted by atomic mass is 10.1. The molecule has 0 bridgehead atoms. The number of methoxy groups -OCH3 is 1. The number of hydrogen-bond acceptors (Lipinski definition) is 5. The maximum atomic E-state index is 12.4. The Morgan fingerprint density at radius 2 is 2.24 bits per heavy atom. The SMILES string of the molecule is COc1ccccc1NC(=O)NCC1CN[C@H](C(=O)N2CCSC2)C1. The van der Waals surface area contributed by atoms with Crippen LogP contribution in [-0.2, 0) is 4.79 Å². The Bertz CT molecular complexity index is 622. The maximum absolute atomic E-state index is 12.4. The molecule has 25 heavy (non-hydrogen) atoms. The zero-order valence-electron chi connectivity index (χ0n) is 14.3. The summed E-state index contributed by atoms with van der Waals surface area (Å²) in [7, 11) is 1.57. The van der Waals surface area contributed by atoms with E-state index in [1.807, 2.05) is 17.0 Å². The summed E-state index contributed by atoms with van der Waals surface area (Å²) in [6.45, 7) is 2.12. The van der Waals surface area contributed by atoms with Gasteiger partial charge in [-0.1, -0.05) is 12.1 Å². The Labute approximate surface area is 151 Å². The van der Waals surface area contributed by atoms with Crippen molar-refractivity contribution in [2.24, 2.45) is 5.92 Å². The van der Waals surface area contributed by atoms with E-state index in [4.69, 9.17) is 4.74 Å². The van der Waals surface area contributed by atoms with Gasteiger partial charge < -0.3 is 25.6 Å². The van der Waals surface area contributed by atoms with Crippen LogP contribution in [0, 0.1) is 5.92 Å². The fraction of sp³-hybridized carbons (Fsp3) is 0.529. The lowest BCUT2D eigenvalue weighted by Crippen LogP contribution is -2.42. The van der Waals surface area contributed by atoms with Gasteiger partial charge in [-0.25, -0.2) is 4.79 Å². The monoisotopic (exact) mass is 364 g/mol. The molecular weight excluding hydrogens is 340 g/mol. The average Bonchev–Trinajstić information content (AvgIpc) is 3.32. The highest BCUT2D eigenvalue weighted by Gasteiger charge is 2.33. The van der Waals surface area contributed by atoms with Gasteiger partial charge in [-0.3, -0.25) is 4.79 Å². The number of para-hydroxylation sites is 2. The third kappa shape index (κ3) is 4.58. The highest BCUT2D eigenvalue weighted by atomic mass is 32.2. The van der Waals surface area contributed by atoms with Gasteiger partial charge in [0.05, 0.1) is 24.7 Å². The van der Waals surface area contributed by atoms with Crippen molar-refractivity contribution in [1.29, 1.82) is 0 Å². The van der Waals surface area contributed by atoms with Gasteiger partial charge in [-0.15, -0.1) is 11.8 Å². The molecule has 1 unspecified atom stereocenters. The number of amides is 3. The Kier molecular flexibility index (Phi) is 6.04. The van der Waals surface area contributed by atoms with E-state index < -0.39 is 0 Å². The molecular formula is C17H24N4O3S. The van der Waals surface area contributed by atoms with Gasteiger partial charge in [-0.05, 0) is 24.5 Å². The summed E-state index contributed by atoms with van der Waals surface area (Å²) in [5.41, 5.74) is 0.631. The fourth-order valence-corrected chi connectivity index (χ4v) is 4.07. The Morgan fingerprint density at radius 3 is 3.00 bits per heavy atom. The van der Waals surface area contributed by atoms with Gasteiger partial charge in [-0.2, -0.15) is 0 Å². The topological polar surface area (TPSA) is 82.7 Å². The van der Waals surface area contributed by atoms with Gasteiger partial charge in [0, 0.05) is 25.4 Å². The first-order valence-electron chi connectivity index (χ1n) is 8.45. The first-order valence-corrected chi connectivity index (χ1v) is 9.60. The summed E-state index contributed by atoms with van der Waals surface area (Å²) in [6.07, 6.45) is 0.759. The second-order valence-electron chi connectivity index (χ2n) is 6.24. The summed E-state index contributed by atoms with van der Waals surface area (Å²) in [5.74, 6) is 2.88. The molecule has 2 heterocycles. The molecule has 0 saturated carbocycles. The largest absolute Gasteiger partial charge is 0.495 e. The van der Waals surface area contributed by atoms with E-state index in [0.29, 0.717) is 18.0 Å². The highest BCUT2D eigenvalue weighted by Crippen LogP contribution is 2.23. The summed E-state index contributed by atoms with van der Waals surface area (Å²) >= 11 is 1.79. The van der Waals surface area contributed by atoms with E-state index in [1.165, 1.54) is 0 Å². The predicted molar refractivity (Wildman–Crippen MR) is 99.0 cm³/mol. The Hall–Kier alpha value is -1.93. The van der Waals surface area contributed by atoms with E-state index in [9.17, 15) is 9.59 Å². The molecule has 2 saturated heterocycles. The molecule has 0 spiro atoms. The molecule has 1 aromatic rings. The van der Waals surface area contributed by atoms with E-state index in [0.717, 1.165) is 31.1 Å². The number of urea groups is 1. The second-order valence-corrected chi connectivity index (χ2v) is 7.31. The molecule has 7 nitrogen and oxygen atoms in total. The molecule has 0 aliphatic carbocycles. The Morgan fingerprint density at radius 1 is 1.40 bits per heavy atom. The van der Waals surface area contributed by atoms with Crippen LogP contribution in [0.1, 0.15) is 6.42 Å². The first kappa shape index (κ1) is 17.9. The number of carbonyl (C=O) groups is 2. The predicted octanol–water partition coefficient (Wildman–Crippen LogP) is 1.33. The number of benzene rings is 1. The van der Waals surface area contributed by atoms with Crippen molar-refractivity contribution in [2.75, 3.05) is 43.7 Å². The third-order valence-corrected chi connectivity index (χ3v) is 5.46. The molecule has 3 N–H and O–H groups in total. The number of hydrogen-bond donors (Lipinski definition) is 3. The fourth-order valence-electron chi connectivity index (χ4n) is 3.11. The first-order chi connectivity index (χ1) is 12.2. The number of rotatable bonds is 5. The van der Waals surface area contributed by atoms with Gasteiger partial charge in [0.25, 0.3) is 0 Å². The van der Waals surface area contributed by atoms with E-state index >= 15 is 0 Å². The molecule has 136 valence electrons. The number of carbonyl (C=O) groups excluding carboxylic acids is 2. The van der Waals surface area contributed by atoms with Gasteiger partial charge in [0.15, 0.2) is 0 Å². The highest BCUT2D eigenvalue weighted by molar-refractivity contribution is 7.99. The average molecular weight is 364 g/mol. The van der Waals surface area contributed by atoms with Gasteiger partial charge in [0.1, 0.15) is 5.75 Å². The zero-order chi connectivity index (χ0) is 17.6. The number of nitrogens with one attached hydrogen (secondary N) is 3. The summed E-state index contributed by atoms with van der Waals surface area (Å²) < 4.78 is 5.22. The summed E-state index contributed by atoms with van der Waals surface area (Å²) in [5, 5.41) is 8.95. The van der Waals surface area contributed by atoms with Crippen molar-refractivity contribution >= 4 is 29.4 Å². The third-order valence-electron chi connectivity index (χ3n) is 4.49. The minimum Gasteiger partial charge on any atom is -0.495 e. The van der Waals surface area contributed by atoms with Crippen molar-refractivity contribution in [1.82, 2.24) is 15.5 Å². The molecule has 1 aromatic carbocycles. The van der Waals surface area contributed by atoms with Crippen molar-refractivity contribution in [3.05, 3.63) is 24.3 Å². The molecule has 3 amide bonds. The quantitative estimate of drug-likeness (QED) is 0.734. The standard InChI is InChI=1S/C17H24N4O3S/c1-24-15-5-3-2-4-13(15)20-17(23)19-10-12-8-14(18-9-12)16(22)21-6-7-25-11-21/h2-5,12,14,18H,6-11H2,1H3,(H2,19,20,23)/t12?,14-/m0/s1. The van der Waals surface area contributed by atoms with Crippen molar-refractivity contribution in [2.45, 2.75) is 12.5 Å². The van der Waals surface area contributed by atoms with Crippen molar-refractivity contribution < 1.29 is 14.3 Å². The smallest absolute Gasteiger partial charge is 0.319 e. The molecule has 2 aliphatic heterocycles. The summed E-state index contributed by atoms with van der Waals surface area (Å²) in [4.78, 5) is 26.4. The van der Waals surface area contributed by atoms with E-state index in [1.54, 1.807) is 31.0 Å². The van der Waals surface area contributed by atoms with E-state index in [2.05, 4.69) is 16.0 Å². The molecule has 2 atom stereocenters. The second kappa shape index (κ2) is 8.44. The number of nitrogens with zero attached hydrogens (tertiary/aromatic N) is 1. The maximum Gasteiger partial charge on any atom is 0.319 e.